The first-order chi connectivity index (χ1) is 10.3. The lowest BCUT2D eigenvalue weighted by molar-refractivity contribution is -0.134. The number of alkyl halides is 3. The number of nitrogen functional groups attached to an aromatic ring is 1. The first kappa shape index (κ1) is 16.0. The molecular formula is C14H12F3N3OS. The van der Waals surface area contributed by atoms with Crippen molar-refractivity contribution >= 4 is 29.1 Å². The number of carbonyl (C=O) groups excluding carboxylic acids is 1. The minimum Gasteiger partial charge on any atom is -0.398 e. The summed E-state index contributed by atoms with van der Waals surface area (Å²) in [6.07, 6.45) is -3.38. The predicted molar refractivity (Wildman–Crippen MR) is 79.2 cm³/mol. The minimum absolute atomic E-state index is 0.0207. The van der Waals surface area contributed by atoms with Crippen molar-refractivity contribution in [2.24, 2.45) is 0 Å². The molecule has 2 aromatic rings. The molecule has 4 nitrogen and oxygen atoms in total. The van der Waals surface area contributed by atoms with Crippen LogP contribution in [0.3, 0.4) is 0 Å². The van der Waals surface area contributed by atoms with Crippen LogP contribution in [0.15, 0.2) is 30.3 Å². The maximum atomic E-state index is 12.5. The molecule has 116 valence electrons. The molecule has 0 spiro atoms. The molecule has 1 aromatic heterocycles. The summed E-state index contributed by atoms with van der Waals surface area (Å²) in [5.74, 6) is -0.598. The zero-order chi connectivity index (χ0) is 16.3. The van der Waals surface area contributed by atoms with Gasteiger partial charge < -0.3 is 16.5 Å². The summed E-state index contributed by atoms with van der Waals surface area (Å²) >= 11 is 0.390. The lowest BCUT2D eigenvalue weighted by Gasteiger charge is -2.09. The number of anilines is 1. The van der Waals surface area contributed by atoms with Gasteiger partial charge in [0, 0.05) is 24.0 Å². The minimum atomic E-state index is -4.45. The van der Waals surface area contributed by atoms with Crippen LogP contribution >= 0.6 is 11.3 Å². The molecule has 0 aliphatic carbocycles. The molecule has 0 unspecified atom stereocenters. The van der Waals surface area contributed by atoms with E-state index >= 15 is 0 Å². The van der Waals surface area contributed by atoms with E-state index in [2.05, 4.69) is 5.32 Å². The van der Waals surface area contributed by atoms with Crippen LogP contribution in [0.25, 0.3) is 0 Å². The van der Waals surface area contributed by atoms with Crippen LogP contribution in [0.1, 0.15) is 25.7 Å². The fourth-order valence-corrected chi connectivity index (χ4v) is 2.63. The second-order valence-corrected chi connectivity index (χ2v) is 5.49. The number of hydrogen-bond donors (Lipinski definition) is 3. The number of carbonyl (C=O) groups is 1. The van der Waals surface area contributed by atoms with E-state index in [9.17, 15) is 18.0 Å². The third-order valence-corrected chi connectivity index (χ3v) is 4.05. The smallest absolute Gasteiger partial charge is 0.398 e. The van der Waals surface area contributed by atoms with Crippen molar-refractivity contribution in [1.29, 1.82) is 5.41 Å². The Hall–Kier alpha value is -2.35. The molecule has 22 heavy (non-hydrogen) atoms. The van der Waals surface area contributed by atoms with Crippen LogP contribution in [0, 0.1) is 5.41 Å². The van der Waals surface area contributed by atoms with Gasteiger partial charge in [-0.1, -0.05) is 12.1 Å². The van der Waals surface area contributed by atoms with Gasteiger partial charge in [-0.25, -0.2) is 0 Å². The predicted octanol–water partition coefficient (Wildman–Crippen LogP) is 3.28. The maximum Gasteiger partial charge on any atom is 0.425 e. The van der Waals surface area contributed by atoms with E-state index in [0.717, 1.165) is 18.3 Å². The molecule has 0 radical (unpaired) electrons. The van der Waals surface area contributed by atoms with Crippen molar-refractivity contribution in [3.05, 3.63) is 51.2 Å². The topological polar surface area (TPSA) is 79.0 Å². The first-order valence-electron chi connectivity index (χ1n) is 6.16. The van der Waals surface area contributed by atoms with Gasteiger partial charge in [0.05, 0.1) is 4.88 Å². The molecule has 0 bridgehead atoms. The Bertz CT molecular complexity index is 710. The molecule has 1 aromatic carbocycles. The van der Waals surface area contributed by atoms with Crippen molar-refractivity contribution in [3.63, 3.8) is 0 Å². The average molecular weight is 327 g/mol. The average Bonchev–Trinajstić information content (AvgIpc) is 2.94. The number of thiophene rings is 1. The number of hydrogen-bond acceptors (Lipinski definition) is 4. The van der Waals surface area contributed by atoms with Crippen molar-refractivity contribution in [1.82, 2.24) is 5.32 Å². The van der Waals surface area contributed by atoms with Gasteiger partial charge in [-0.05, 0) is 23.8 Å². The van der Waals surface area contributed by atoms with Crippen molar-refractivity contribution in [2.75, 3.05) is 5.73 Å². The summed E-state index contributed by atoms with van der Waals surface area (Å²) in [7, 11) is 0. The van der Waals surface area contributed by atoms with Gasteiger partial charge in [0.1, 0.15) is 4.88 Å². The van der Waals surface area contributed by atoms with Gasteiger partial charge in [-0.15, -0.1) is 11.3 Å². The third kappa shape index (κ3) is 3.45. The largest absolute Gasteiger partial charge is 0.425 e. The molecule has 1 heterocycles. The van der Waals surface area contributed by atoms with E-state index in [0.29, 0.717) is 28.2 Å². The van der Waals surface area contributed by atoms with E-state index in [1.807, 2.05) is 0 Å². The highest BCUT2D eigenvalue weighted by Gasteiger charge is 2.33. The van der Waals surface area contributed by atoms with E-state index in [1.54, 1.807) is 18.2 Å². The molecule has 0 aliphatic rings. The van der Waals surface area contributed by atoms with Gasteiger partial charge in [0.25, 0.3) is 5.91 Å². The van der Waals surface area contributed by atoms with Crippen molar-refractivity contribution in [2.45, 2.75) is 12.7 Å². The highest BCUT2D eigenvalue weighted by Crippen LogP contribution is 2.34. The Morgan fingerprint density at radius 1 is 1.32 bits per heavy atom. The SMILES string of the molecule is N=Cc1c(N)cccc1CNC(=O)c1ccc(C(F)(F)F)s1. The zero-order valence-corrected chi connectivity index (χ0v) is 12.0. The third-order valence-electron chi connectivity index (χ3n) is 2.92. The Morgan fingerprint density at radius 2 is 2.05 bits per heavy atom. The van der Waals surface area contributed by atoms with Gasteiger partial charge in [0.2, 0.25) is 0 Å². The molecule has 0 aliphatic heterocycles. The molecule has 4 N–H and O–H groups in total. The zero-order valence-electron chi connectivity index (χ0n) is 11.2. The Kier molecular flexibility index (Phi) is 4.51. The summed E-state index contributed by atoms with van der Waals surface area (Å²) in [5.41, 5.74) is 7.21. The fourth-order valence-electron chi connectivity index (χ4n) is 1.84. The molecule has 2 rings (SSSR count). The van der Waals surface area contributed by atoms with Gasteiger partial charge in [-0.2, -0.15) is 13.2 Å². The quantitative estimate of drug-likeness (QED) is 0.595. The van der Waals surface area contributed by atoms with Gasteiger partial charge >= 0.3 is 6.18 Å². The molecule has 0 atom stereocenters. The van der Waals surface area contributed by atoms with E-state index in [4.69, 9.17) is 11.1 Å². The molecule has 1 amide bonds. The second kappa shape index (κ2) is 6.18. The number of amides is 1. The summed E-state index contributed by atoms with van der Waals surface area (Å²) in [6, 6.07) is 7.01. The second-order valence-electron chi connectivity index (χ2n) is 4.41. The Balaban J connectivity index is 2.09. The van der Waals surface area contributed by atoms with Crippen molar-refractivity contribution < 1.29 is 18.0 Å². The molecule has 0 saturated carbocycles. The molecule has 0 fully saturated rings. The van der Waals surface area contributed by atoms with E-state index < -0.39 is 17.0 Å². The number of nitrogens with one attached hydrogen (secondary N) is 2. The Morgan fingerprint density at radius 3 is 2.64 bits per heavy atom. The Labute approximate surface area is 128 Å². The van der Waals surface area contributed by atoms with Crippen LogP contribution in [0.4, 0.5) is 18.9 Å². The normalized spacial score (nSPS) is 11.2. The van der Waals surface area contributed by atoms with Gasteiger partial charge in [0.15, 0.2) is 0 Å². The fraction of sp³-hybridized carbons (Fsp3) is 0.143. The molecule has 8 heteroatoms. The summed E-state index contributed by atoms with van der Waals surface area (Å²) < 4.78 is 37.5. The number of benzene rings is 1. The van der Waals surface area contributed by atoms with Crippen LogP contribution in [0.5, 0.6) is 0 Å². The number of halogens is 3. The highest BCUT2D eigenvalue weighted by atomic mass is 32.1. The number of rotatable bonds is 4. The summed E-state index contributed by atoms with van der Waals surface area (Å²) in [6.45, 7) is 0.0772. The van der Waals surface area contributed by atoms with Crippen LogP contribution in [0.2, 0.25) is 0 Å². The molecule has 0 saturated heterocycles. The summed E-state index contributed by atoms with van der Waals surface area (Å²) in [4.78, 5) is 11.0. The highest BCUT2D eigenvalue weighted by molar-refractivity contribution is 7.14. The first-order valence-corrected chi connectivity index (χ1v) is 6.97. The lowest BCUT2D eigenvalue weighted by Crippen LogP contribution is -2.22. The van der Waals surface area contributed by atoms with E-state index in [-0.39, 0.29) is 11.4 Å². The summed E-state index contributed by atoms with van der Waals surface area (Å²) in [5, 5.41) is 9.83. The van der Waals surface area contributed by atoms with Crippen LogP contribution < -0.4 is 11.1 Å². The number of nitrogens with two attached hydrogens (primary N) is 1. The monoisotopic (exact) mass is 327 g/mol. The van der Waals surface area contributed by atoms with Crippen molar-refractivity contribution in [3.8, 4) is 0 Å². The molecular weight excluding hydrogens is 315 g/mol. The van der Waals surface area contributed by atoms with Crippen LogP contribution in [-0.4, -0.2) is 12.1 Å². The maximum absolute atomic E-state index is 12.5. The van der Waals surface area contributed by atoms with E-state index in [1.165, 1.54) is 0 Å². The van der Waals surface area contributed by atoms with Gasteiger partial charge in [-0.3, -0.25) is 4.79 Å². The lowest BCUT2D eigenvalue weighted by atomic mass is 10.1. The standard InChI is InChI=1S/C14H12F3N3OS/c15-14(16,17)12-5-4-11(22-12)13(21)20-7-8-2-1-3-10(19)9(8)6-18/h1-6,18H,7,19H2,(H,20,21). The van der Waals surface area contributed by atoms with Crippen LogP contribution in [-0.2, 0) is 12.7 Å².